The lowest BCUT2D eigenvalue weighted by atomic mass is 10.1. The second-order valence-corrected chi connectivity index (χ2v) is 5.61. The van der Waals surface area contributed by atoms with Gasteiger partial charge in [-0.15, -0.1) is 0 Å². The summed E-state index contributed by atoms with van der Waals surface area (Å²) in [5.41, 5.74) is 0.485. The first-order valence-electron chi connectivity index (χ1n) is 8.32. The van der Waals surface area contributed by atoms with Gasteiger partial charge in [-0.25, -0.2) is 9.59 Å². The zero-order valence-electron chi connectivity index (χ0n) is 16.7. The van der Waals surface area contributed by atoms with Crippen LogP contribution in [0.15, 0.2) is 30.3 Å². The molecule has 0 atom stereocenters. The maximum Gasteiger partial charge on any atom is 0.339 e. The second kappa shape index (κ2) is 9.45. The molecule has 0 saturated carbocycles. The van der Waals surface area contributed by atoms with Gasteiger partial charge < -0.3 is 29.0 Å². The maximum atomic E-state index is 12.8. The van der Waals surface area contributed by atoms with Crippen LogP contribution in [0.2, 0.25) is 0 Å². The monoisotopic (exact) mass is 403 g/mol. The number of amides is 1. The molecule has 0 spiro atoms. The van der Waals surface area contributed by atoms with E-state index in [1.54, 1.807) is 0 Å². The van der Waals surface area contributed by atoms with Crippen molar-refractivity contribution in [2.24, 2.45) is 0 Å². The minimum atomic E-state index is -0.679. The van der Waals surface area contributed by atoms with Gasteiger partial charge in [-0.1, -0.05) is 0 Å². The molecule has 9 nitrogen and oxygen atoms in total. The zero-order chi connectivity index (χ0) is 21.6. The Morgan fingerprint density at radius 2 is 1.31 bits per heavy atom. The topological polar surface area (TPSA) is 109 Å². The van der Waals surface area contributed by atoms with Crippen LogP contribution in [0.3, 0.4) is 0 Å². The molecule has 0 radical (unpaired) electrons. The summed E-state index contributed by atoms with van der Waals surface area (Å²) >= 11 is 0. The van der Waals surface area contributed by atoms with Crippen molar-refractivity contribution in [3.05, 3.63) is 47.0 Å². The van der Waals surface area contributed by atoms with E-state index in [0.717, 1.165) is 0 Å². The van der Waals surface area contributed by atoms with Gasteiger partial charge in [0.25, 0.3) is 5.91 Å². The Labute approximate surface area is 167 Å². The number of carbonyl (C=O) groups is 3. The Morgan fingerprint density at radius 1 is 0.724 bits per heavy atom. The molecule has 29 heavy (non-hydrogen) atoms. The summed E-state index contributed by atoms with van der Waals surface area (Å²) < 4.78 is 25.1. The van der Waals surface area contributed by atoms with Crippen molar-refractivity contribution in [3.8, 4) is 17.2 Å². The van der Waals surface area contributed by atoms with E-state index < -0.39 is 17.8 Å². The largest absolute Gasteiger partial charge is 0.493 e. The quantitative estimate of drug-likeness (QED) is 0.703. The molecule has 1 N–H and O–H groups in total. The van der Waals surface area contributed by atoms with Gasteiger partial charge in [0.15, 0.2) is 11.5 Å². The first-order chi connectivity index (χ1) is 13.9. The molecule has 2 aromatic carbocycles. The number of anilines is 1. The van der Waals surface area contributed by atoms with E-state index in [1.165, 1.54) is 65.9 Å². The van der Waals surface area contributed by atoms with Crippen molar-refractivity contribution in [1.82, 2.24) is 0 Å². The van der Waals surface area contributed by atoms with E-state index >= 15 is 0 Å². The van der Waals surface area contributed by atoms with Crippen molar-refractivity contribution >= 4 is 23.5 Å². The molecule has 1 amide bonds. The van der Waals surface area contributed by atoms with Crippen LogP contribution >= 0.6 is 0 Å². The summed E-state index contributed by atoms with van der Waals surface area (Å²) in [5, 5.41) is 2.60. The molecular formula is C20H21NO8. The first kappa shape index (κ1) is 21.5. The van der Waals surface area contributed by atoms with Gasteiger partial charge in [-0.3, -0.25) is 4.79 Å². The van der Waals surface area contributed by atoms with Crippen molar-refractivity contribution in [3.63, 3.8) is 0 Å². The minimum absolute atomic E-state index is 0.0703. The summed E-state index contributed by atoms with van der Waals surface area (Å²) in [5.74, 6) is -0.973. The van der Waals surface area contributed by atoms with Crippen molar-refractivity contribution < 1.29 is 38.1 Å². The average Bonchev–Trinajstić information content (AvgIpc) is 2.76. The number of hydrogen-bond donors (Lipinski definition) is 1. The number of rotatable bonds is 7. The SMILES string of the molecule is COC(=O)c1ccc(C(=O)OC)c(NC(=O)c2cc(OC)c(OC)c(OC)c2)c1. The number of ether oxygens (including phenoxy) is 5. The highest BCUT2D eigenvalue weighted by Gasteiger charge is 2.21. The molecule has 0 unspecified atom stereocenters. The smallest absolute Gasteiger partial charge is 0.339 e. The fourth-order valence-corrected chi connectivity index (χ4v) is 2.59. The molecule has 0 aliphatic carbocycles. The predicted octanol–water partition coefficient (Wildman–Crippen LogP) is 2.54. The molecule has 0 aliphatic rings. The second-order valence-electron chi connectivity index (χ2n) is 5.61. The summed E-state index contributed by atoms with van der Waals surface area (Å²) in [6.45, 7) is 0. The Kier molecular flexibility index (Phi) is 7.02. The number of esters is 2. The number of methoxy groups -OCH3 is 5. The van der Waals surface area contributed by atoms with Crippen LogP contribution < -0.4 is 19.5 Å². The van der Waals surface area contributed by atoms with Gasteiger partial charge in [-0.05, 0) is 30.3 Å². The van der Waals surface area contributed by atoms with Gasteiger partial charge in [0.2, 0.25) is 5.75 Å². The lowest BCUT2D eigenvalue weighted by Crippen LogP contribution is -2.17. The van der Waals surface area contributed by atoms with E-state index in [0.29, 0.717) is 5.75 Å². The number of carbonyl (C=O) groups excluding carboxylic acids is 3. The number of hydrogen-bond acceptors (Lipinski definition) is 8. The maximum absolute atomic E-state index is 12.8. The van der Waals surface area contributed by atoms with Crippen LogP contribution in [-0.4, -0.2) is 53.4 Å². The normalized spacial score (nSPS) is 9.97. The fourth-order valence-electron chi connectivity index (χ4n) is 2.59. The Hall–Kier alpha value is -3.75. The van der Waals surface area contributed by atoms with Crippen LogP contribution in [0, 0.1) is 0 Å². The molecular weight excluding hydrogens is 382 g/mol. The molecule has 0 fully saturated rings. The molecule has 0 heterocycles. The lowest BCUT2D eigenvalue weighted by Gasteiger charge is -2.15. The van der Waals surface area contributed by atoms with E-state index in [2.05, 4.69) is 10.1 Å². The summed E-state index contributed by atoms with van der Waals surface area (Å²) in [6.07, 6.45) is 0. The van der Waals surface area contributed by atoms with Crippen molar-refractivity contribution in [1.29, 1.82) is 0 Å². The van der Waals surface area contributed by atoms with Crippen molar-refractivity contribution in [2.45, 2.75) is 0 Å². The van der Waals surface area contributed by atoms with Crippen LogP contribution in [0.5, 0.6) is 17.2 Å². The lowest BCUT2D eigenvalue weighted by molar-refractivity contribution is 0.0587. The van der Waals surface area contributed by atoms with Gasteiger partial charge in [0.1, 0.15) is 0 Å². The standard InChI is InChI=1S/C20H21NO8/c1-25-15-9-12(10-16(26-2)17(15)27-3)18(22)21-14-8-11(19(23)28-4)6-7-13(14)20(24)29-5/h6-10H,1-5H3,(H,21,22). The fraction of sp³-hybridized carbons (Fsp3) is 0.250. The highest BCUT2D eigenvalue weighted by Crippen LogP contribution is 2.38. The Morgan fingerprint density at radius 3 is 1.79 bits per heavy atom. The van der Waals surface area contributed by atoms with Gasteiger partial charge >= 0.3 is 11.9 Å². The van der Waals surface area contributed by atoms with E-state index in [1.807, 2.05) is 0 Å². The third kappa shape index (κ3) is 4.57. The molecule has 0 aromatic heterocycles. The predicted molar refractivity (Wildman–Crippen MR) is 103 cm³/mol. The van der Waals surface area contributed by atoms with Crippen LogP contribution in [0.1, 0.15) is 31.1 Å². The summed E-state index contributed by atoms with van der Waals surface area (Å²) in [6, 6.07) is 7.00. The van der Waals surface area contributed by atoms with Crippen LogP contribution in [-0.2, 0) is 9.47 Å². The zero-order valence-corrected chi connectivity index (χ0v) is 16.7. The van der Waals surface area contributed by atoms with E-state index in [4.69, 9.17) is 18.9 Å². The van der Waals surface area contributed by atoms with E-state index in [-0.39, 0.29) is 33.9 Å². The molecule has 154 valence electrons. The van der Waals surface area contributed by atoms with Crippen molar-refractivity contribution in [2.75, 3.05) is 40.9 Å². The molecule has 2 rings (SSSR count). The Balaban J connectivity index is 2.48. The molecule has 0 saturated heterocycles. The highest BCUT2D eigenvalue weighted by atomic mass is 16.5. The summed E-state index contributed by atoms with van der Waals surface area (Å²) in [4.78, 5) is 36.7. The molecule has 2 aromatic rings. The molecule has 0 bridgehead atoms. The van der Waals surface area contributed by atoms with Gasteiger partial charge in [-0.2, -0.15) is 0 Å². The summed E-state index contributed by atoms with van der Waals surface area (Å²) in [7, 11) is 6.73. The van der Waals surface area contributed by atoms with Gasteiger partial charge in [0.05, 0.1) is 52.4 Å². The number of nitrogens with one attached hydrogen (secondary N) is 1. The highest BCUT2D eigenvalue weighted by molar-refractivity contribution is 6.09. The van der Waals surface area contributed by atoms with Crippen LogP contribution in [0.25, 0.3) is 0 Å². The van der Waals surface area contributed by atoms with Crippen LogP contribution in [0.4, 0.5) is 5.69 Å². The first-order valence-corrected chi connectivity index (χ1v) is 8.32. The van der Waals surface area contributed by atoms with Gasteiger partial charge in [0, 0.05) is 5.56 Å². The third-order valence-electron chi connectivity index (χ3n) is 4.02. The number of benzene rings is 2. The Bertz CT molecular complexity index is 913. The third-order valence-corrected chi connectivity index (χ3v) is 4.02. The minimum Gasteiger partial charge on any atom is -0.493 e. The average molecular weight is 403 g/mol. The molecule has 9 heteroatoms. The van der Waals surface area contributed by atoms with E-state index in [9.17, 15) is 14.4 Å². The molecule has 0 aliphatic heterocycles.